The molecule has 0 amide bonds. The van der Waals surface area contributed by atoms with E-state index in [1.54, 1.807) is 0 Å². The van der Waals surface area contributed by atoms with Crippen LogP contribution >= 0.6 is 11.8 Å². The fourth-order valence-corrected chi connectivity index (χ4v) is 2.69. The van der Waals surface area contributed by atoms with E-state index in [4.69, 9.17) is 0 Å². The lowest BCUT2D eigenvalue weighted by Gasteiger charge is -2.25. The van der Waals surface area contributed by atoms with Gasteiger partial charge in [-0.05, 0) is 45.0 Å². The molecule has 1 aliphatic carbocycles. The first-order valence-electron chi connectivity index (χ1n) is 5.34. The fourth-order valence-electron chi connectivity index (χ4n) is 1.95. The Morgan fingerprint density at radius 2 is 2.08 bits per heavy atom. The predicted molar refractivity (Wildman–Crippen MR) is 59.4 cm³/mol. The fraction of sp³-hybridized carbons (Fsp3) is 1.00. The maximum Gasteiger partial charge on any atom is 0.0282 e. The molecular formula is C10H20N2S. The van der Waals surface area contributed by atoms with Crippen LogP contribution in [0.4, 0.5) is 0 Å². The summed E-state index contributed by atoms with van der Waals surface area (Å²) in [6.45, 7) is 3.63. The molecule has 76 valence electrons. The summed E-state index contributed by atoms with van der Waals surface area (Å²) in [5, 5.41) is 7.11. The third-order valence-corrected chi connectivity index (χ3v) is 4.71. The maximum atomic E-state index is 3.71. The first kappa shape index (κ1) is 9.81. The number of hydrogen-bond donors (Lipinski definition) is 2. The summed E-state index contributed by atoms with van der Waals surface area (Å²) in [5.74, 6) is 0. The molecule has 13 heavy (non-hydrogen) atoms. The largest absolute Gasteiger partial charge is 0.317 e. The van der Waals surface area contributed by atoms with Gasteiger partial charge in [0.2, 0.25) is 0 Å². The van der Waals surface area contributed by atoms with Crippen molar-refractivity contribution in [2.24, 2.45) is 0 Å². The van der Waals surface area contributed by atoms with Gasteiger partial charge in [-0.15, -0.1) is 0 Å². The molecule has 0 unspecified atom stereocenters. The number of piperidine rings is 1. The van der Waals surface area contributed by atoms with Gasteiger partial charge in [-0.3, -0.25) is 0 Å². The Labute approximate surface area is 85.2 Å². The normalized spacial score (nSPS) is 27.5. The minimum atomic E-state index is 0.630. The van der Waals surface area contributed by atoms with Crippen molar-refractivity contribution >= 4 is 11.8 Å². The summed E-state index contributed by atoms with van der Waals surface area (Å²) < 4.78 is 0.630. The smallest absolute Gasteiger partial charge is 0.0282 e. The average Bonchev–Trinajstić information content (AvgIpc) is 2.97. The molecule has 2 N–H and O–H groups in total. The molecule has 0 radical (unpaired) electrons. The zero-order valence-corrected chi connectivity index (χ0v) is 9.25. The first-order chi connectivity index (χ1) is 6.35. The van der Waals surface area contributed by atoms with E-state index >= 15 is 0 Å². The van der Waals surface area contributed by atoms with E-state index < -0.39 is 0 Å². The third kappa shape index (κ3) is 2.61. The van der Waals surface area contributed by atoms with E-state index in [-0.39, 0.29) is 0 Å². The summed E-state index contributed by atoms with van der Waals surface area (Å²) in [7, 11) is 0. The Balaban J connectivity index is 1.66. The zero-order chi connectivity index (χ0) is 9.15. The van der Waals surface area contributed by atoms with Crippen molar-refractivity contribution < 1.29 is 0 Å². The number of thioether (sulfide) groups is 1. The van der Waals surface area contributed by atoms with Crippen LogP contribution in [0.5, 0.6) is 0 Å². The lowest BCUT2D eigenvalue weighted by atomic mass is 10.1. The van der Waals surface area contributed by atoms with Gasteiger partial charge in [-0.25, -0.2) is 0 Å². The van der Waals surface area contributed by atoms with Crippen molar-refractivity contribution in [3.63, 3.8) is 0 Å². The predicted octanol–water partition coefficient (Wildman–Crippen LogP) is 1.22. The molecule has 0 aromatic heterocycles. The van der Waals surface area contributed by atoms with E-state index in [1.807, 2.05) is 11.8 Å². The summed E-state index contributed by atoms with van der Waals surface area (Å²) in [4.78, 5) is 0. The molecule has 0 aromatic carbocycles. The number of rotatable bonds is 4. The van der Waals surface area contributed by atoms with Crippen molar-refractivity contribution in [1.29, 1.82) is 0 Å². The van der Waals surface area contributed by atoms with Crippen molar-refractivity contribution in [2.45, 2.75) is 36.5 Å². The molecule has 2 fully saturated rings. The van der Waals surface area contributed by atoms with Gasteiger partial charge in [-0.2, -0.15) is 11.8 Å². The molecule has 2 nitrogen and oxygen atoms in total. The van der Waals surface area contributed by atoms with Crippen LogP contribution in [0, 0.1) is 0 Å². The van der Waals surface area contributed by atoms with Crippen LogP contribution in [0.1, 0.15) is 25.7 Å². The second-order valence-corrected chi connectivity index (χ2v) is 5.57. The van der Waals surface area contributed by atoms with Gasteiger partial charge in [0.15, 0.2) is 0 Å². The van der Waals surface area contributed by atoms with Crippen LogP contribution in [0.3, 0.4) is 0 Å². The first-order valence-corrected chi connectivity index (χ1v) is 6.56. The highest BCUT2D eigenvalue weighted by Crippen LogP contribution is 2.46. The molecule has 1 aliphatic heterocycles. The monoisotopic (exact) mass is 200 g/mol. The van der Waals surface area contributed by atoms with E-state index in [0.717, 1.165) is 6.04 Å². The molecule has 0 atom stereocenters. The molecular weight excluding hydrogens is 180 g/mol. The van der Waals surface area contributed by atoms with Gasteiger partial charge in [0, 0.05) is 17.3 Å². The van der Waals surface area contributed by atoms with Gasteiger partial charge >= 0.3 is 0 Å². The highest BCUT2D eigenvalue weighted by molar-refractivity contribution is 8.00. The third-order valence-electron chi connectivity index (χ3n) is 3.29. The number of nitrogens with one attached hydrogen (secondary N) is 2. The molecule has 1 heterocycles. The van der Waals surface area contributed by atoms with Crippen LogP contribution in [-0.4, -0.2) is 36.7 Å². The Morgan fingerprint density at radius 1 is 1.38 bits per heavy atom. The van der Waals surface area contributed by atoms with Gasteiger partial charge in [0.1, 0.15) is 0 Å². The van der Waals surface area contributed by atoms with Crippen LogP contribution in [0.2, 0.25) is 0 Å². The Kier molecular flexibility index (Phi) is 3.17. The van der Waals surface area contributed by atoms with Gasteiger partial charge in [0.25, 0.3) is 0 Å². The lowest BCUT2D eigenvalue weighted by Crippen LogP contribution is -2.42. The second kappa shape index (κ2) is 4.20. The van der Waals surface area contributed by atoms with Crippen molar-refractivity contribution in [1.82, 2.24) is 10.6 Å². The average molecular weight is 200 g/mol. The minimum Gasteiger partial charge on any atom is -0.317 e. The quantitative estimate of drug-likeness (QED) is 0.713. The molecule has 0 aromatic rings. The number of hydrogen-bond acceptors (Lipinski definition) is 3. The summed E-state index contributed by atoms with van der Waals surface area (Å²) in [6, 6.07) is 0.783. The SMILES string of the molecule is CSC1(CNC2CCNCC2)CC1. The highest BCUT2D eigenvalue weighted by Gasteiger charge is 2.41. The maximum absolute atomic E-state index is 3.71. The van der Waals surface area contributed by atoms with Crippen LogP contribution < -0.4 is 10.6 Å². The van der Waals surface area contributed by atoms with Crippen molar-refractivity contribution in [3.8, 4) is 0 Å². The Bertz CT molecular complexity index is 162. The molecule has 3 heteroatoms. The summed E-state index contributed by atoms with van der Waals surface area (Å²) in [6.07, 6.45) is 7.71. The Hall–Kier alpha value is 0.270. The van der Waals surface area contributed by atoms with E-state index in [2.05, 4.69) is 16.9 Å². The summed E-state index contributed by atoms with van der Waals surface area (Å²) >= 11 is 2.05. The van der Waals surface area contributed by atoms with E-state index in [1.165, 1.54) is 45.3 Å². The van der Waals surface area contributed by atoms with Gasteiger partial charge < -0.3 is 10.6 Å². The van der Waals surface area contributed by atoms with Crippen LogP contribution in [0.15, 0.2) is 0 Å². The lowest BCUT2D eigenvalue weighted by molar-refractivity contribution is 0.386. The van der Waals surface area contributed by atoms with Crippen LogP contribution in [-0.2, 0) is 0 Å². The molecule has 1 saturated carbocycles. The zero-order valence-electron chi connectivity index (χ0n) is 8.44. The Morgan fingerprint density at radius 3 is 2.62 bits per heavy atom. The van der Waals surface area contributed by atoms with Crippen LogP contribution in [0.25, 0.3) is 0 Å². The summed E-state index contributed by atoms with van der Waals surface area (Å²) in [5.41, 5.74) is 0. The van der Waals surface area contributed by atoms with Gasteiger partial charge in [0.05, 0.1) is 0 Å². The molecule has 1 saturated heterocycles. The molecule has 0 spiro atoms. The minimum absolute atomic E-state index is 0.630. The standard InChI is InChI=1S/C10H20N2S/c1-13-10(4-5-10)8-12-9-2-6-11-7-3-9/h9,11-12H,2-8H2,1H3. The topological polar surface area (TPSA) is 24.1 Å². The molecule has 2 aliphatic rings. The van der Waals surface area contributed by atoms with E-state index in [9.17, 15) is 0 Å². The highest BCUT2D eigenvalue weighted by atomic mass is 32.2. The van der Waals surface area contributed by atoms with Crippen molar-refractivity contribution in [2.75, 3.05) is 25.9 Å². The van der Waals surface area contributed by atoms with Crippen molar-refractivity contribution in [3.05, 3.63) is 0 Å². The molecule has 2 rings (SSSR count). The second-order valence-electron chi connectivity index (χ2n) is 4.29. The van der Waals surface area contributed by atoms with Gasteiger partial charge in [-0.1, -0.05) is 0 Å². The van der Waals surface area contributed by atoms with E-state index in [0.29, 0.717) is 4.75 Å². The molecule has 0 bridgehead atoms.